The Balaban J connectivity index is 1.54. The van der Waals surface area contributed by atoms with Crippen molar-refractivity contribution in [1.29, 1.82) is 0 Å². The van der Waals surface area contributed by atoms with Crippen LogP contribution in [0.2, 0.25) is 0 Å². The van der Waals surface area contributed by atoms with Gasteiger partial charge in [0.1, 0.15) is 6.61 Å². The lowest BCUT2D eigenvalue weighted by Gasteiger charge is -2.14. The van der Waals surface area contributed by atoms with E-state index >= 15 is 0 Å². The van der Waals surface area contributed by atoms with Gasteiger partial charge in [0.05, 0.1) is 21.8 Å². The standard InChI is InChI=1S/C22H17BrN2O3S/c1-27-18-12-15(11-16(23)20(18)28-13-14-7-3-2-4-8-14)21(26)25-22-24-17-9-5-6-10-19(17)29-22/h2-12H,13H2,1H3,(H,24,25,26). The summed E-state index contributed by atoms with van der Waals surface area (Å²) in [5.74, 6) is 0.760. The van der Waals surface area contributed by atoms with Crippen molar-refractivity contribution in [2.45, 2.75) is 6.61 Å². The van der Waals surface area contributed by atoms with E-state index in [2.05, 4.69) is 26.2 Å². The number of methoxy groups -OCH3 is 1. The smallest absolute Gasteiger partial charge is 0.257 e. The molecule has 0 atom stereocenters. The summed E-state index contributed by atoms with van der Waals surface area (Å²) in [6.45, 7) is 0.396. The highest BCUT2D eigenvalue weighted by Gasteiger charge is 2.17. The molecule has 0 saturated heterocycles. The summed E-state index contributed by atoms with van der Waals surface area (Å²) in [4.78, 5) is 17.2. The molecule has 4 rings (SSSR count). The van der Waals surface area contributed by atoms with E-state index < -0.39 is 0 Å². The summed E-state index contributed by atoms with van der Waals surface area (Å²) in [6.07, 6.45) is 0. The fourth-order valence-corrected chi connectivity index (χ4v) is 4.23. The molecule has 0 spiro atoms. The number of thiazole rings is 1. The number of hydrogen-bond donors (Lipinski definition) is 1. The second-order valence-electron chi connectivity index (χ2n) is 6.20. The summed E-state index contributed by atoms with van der Waals surface area (Å²) in [7, 11) is 1.55. The maximum absolute atomic E-state index is 12.7. The Labute approximate surface area is 180 Å². The second-order valence-corrected chi connectivity index (χ2v) is 8.09. The summed E-state index contributed by atoms with van der Waals surface area (Å²) < 4.78 is 13.0. The van der Waals surface area contributed by atoms with Crippen molar-refractivity contribution in [3.8, 4) is 11.5 Å². The molecule has 0 saturated carbocycles. The number of fused-ring (bicyclic) bond motifs is 1. The van der Waals surface area contributed by atoms with Crippen LogP contribution in [0, 0.1) is 0 Å². The number of aromatic nitrogens is 1. The van der Waals surface area contributed by atoms with E-state index in [4.69, 9.17) is 9.47 Å². The SMILES string of the molecule is COc1cc(C(=O)Nc2nc3ccccc3s2)cc(Br)c1OCc1ccccc1. The topological polar surface area (TPSA) is 60.5 Å². The van der Waals surface area contributed by atoms with Gasteiger partial charge in [-0.05, 0) is 45.8 Å². The molecule has 0 unspecified atom stereocenters. The second kappa shape index (κ2) is 8.63. The first-order valence-corrected chi connectivity index (χ1v) is 10.5. The third kappa shape index (κ3) is 4.41. The van der Waals surface area contributed by atoms with E-state index in [9.17, 15) is 4.79 Å². The molecule has 1 heterocycles. The molecule has 5 nitrogen and oxygen atoms in total. The zero-order chi connectivity index (χ0) is 20.2. The van der Waals surface area contributed by atoms with Crippen LogP contribution in [0.15, 0.2) is 71.2 Å². The lowest BCUT2D eigenvalue weighted by atomic mass is 10.2. The lowest BCUT2D eigenvalue weighted by Crippen LogP contribution is -2.12. The van der Waals surface area contributed by atoms with Crippen molar-refractivity contribution >= 4 is 48.5 Å². The van der Waals surface area contributed by atoms with Crippen LogP contribution in [0.25, 0.3) is 10.2 Å². The Bertz CT molecular complexity index is 1130. The first-order valence-electron chi connectivity index (χ1n) is 8.85. The molecular weight excluding hydrogens is 452 g/mol. The average Bonchev–Trinajstić information content (AvgIpc) is 3.15. The zero-order valence-electron chi connectivity index (χ0n) is 15.5. The van der Waals surface area contributed by atoms with Gasteiger partial charge < -0.3 is 9.47 Å². The molecule has 0 fully saturated rings. The van der Waals surface area contributed by atoms with Gasteiger partial charge in [-0.25, -0.2) is 4.98 Å². The highest BCUT2D eigenvalue weighted by Crippen LogP contribution is 2.37. The molecule has 0 radical (unpaired) electrons. The number of anilines is 1. The molecule has 3 aromatic carbocycles. The van der Waals surface area contributed by atoms with E-state index in [-0.39, 0.29) is 5.91 Å². The maximum atomic E-state index is 12.7. The van der Waals surface area contributed by atoms with Crippen molar-refractivity contribution in [3.63, 3.8) is 0 Å². The third-order valence-corrected chi connectivity index (χ3v) is 5.77. The van der Waals surface area contributed by atoms with Gasteiger partial charge in [0.2, 0.25) is 0 Å². The minimum absolute atomic E-state index is 0.266. The fourth-order valence-electron chi connectivity index (χ4n) is 2.82. The molecule has 1 N–H and O–H groups in total. The van der Waals surface area contributed by atoms with E-state index in [1.54, 1.807) is 19.2 Å². The van der Waals surface area contributed by atoms with Crippen molar-refractivity contribution in [2.75, 3.05) is 12.4 Å². The van der Waals surface area contributed by atoms with Crippen LogP contribution in [-0.2, 0) is 6.61 Å². The largest absolute Gasteiger partial charge is 0.493 e. The number of benzene rings is 3. The van der Waals surface area contributed by atoms with Gasteiger partial charge in [0.25, 0.3) is 5.91 Å². The number of hydrogen-bond acceptors (Lipinski definition) is 5. The third-order valence-electron chi connectivity index (χ3n) is 4.23. The highest BCUT2D eigenvalue weighted by molar-refractivity contribution is 9.10. The quantitative estimate of drug-likeness (QED) is 0.382. The van der Waals surface area contributed by atoms with E-state index in [1.807, 2.05) is 54.6 Å². The zero-order valence-corrected chi connectivity index (χ0v) is 17.9. The number of nitrogens with zero attached hydrogens (tertiary/aromatic N) is 1. The molecule has 1 amide bonds. The molecule has 146 valence electrons. The Morgan fingerprint density at radius 3 is 2.62 bits per heavy atom. The predicted octanol–water partition coefficient (Wildman–Crippen LogP) is 5.90. The van der Waals surface area contributed by atoms with Crippen LogP contribution in [0.1, 0.15) is 15.9 Å². The number of para-hydroxylation sites is 1. The van der Waals surface area contributed by atoms with Crippen LogP contribution in [0.4, 0.5) is 5.13 Å². The molecule has 0 aliphatic carbocycles. The highest BCUT2D eigenvalue weighted by atomic mass is 79.9. The Kier molecular flexibility index (Phi) is 5.78. The minimum atomic E-state index is -0.266. The Hall–Kier alpha value is -2.90. The van der Waals surface area contributed by atoms with Gasteiger partial charge >= 0.3 is 0 Å². The summed E-state index contributed by atoms with van der Waals surface area (Å²) in [5.41, 5.74) is 2.34. The van der Waals surface area contributed by atoms with Crippen LogP contribution < -0.4 is 14.8 Å². The Morgan fingerprint density at radius 1 is 1.10 bits per heavy atom. The number of ether oxygens (including phenoxy) is 2. The number of amides is 1. The summed E-state index contributed by atoms with van der Waals surface area (Å²) in [5, 5.41) is 3.41. The van der Waals surface area contributed by atoms with Gasteiger partial charge in [-0.15, -0.1) is 0 Å². The van der Waals surface area contributed by atoms with Crippen molar-refractivity contribution in [1.82, 2.24) is 4.98 Å². The van der Waals surface area contributed by atoms with Crippen molar-refractivity contribution in [3.05, 3.63) is 82.3 Å². The molecule has 0 aliphatic rings. The molecule has 29 heavy (non-hydrogen) atoms. The van der Waals surface area contributed by atoms with Gasteiger partial charge in [0, 0.05) is 5.56 Å². The van der Waals surface area contributed by atoms with Gasteiger partial charge in [-0.1, -0.05) is 53.8 Å². The molecular formula is C22H17BrN2O3S. The number of nitrogens with one attached hydrogen (secondary N) is 1. The van der Waals surface area contributed by atoms with Gasteiger partial charge in [0.15, 0.2) is 16.6 Å². The molecule has 4 aromatic rings. The number of carbonyl (C=O) groups excluding carboxylic acids is 1. The molecule has 7 heteroatoms. The fraction of sp³-hybridized carbons (Fsp3) is 0.0909. The van der Waals surface area contributed by atoms with E-state index in [0.29, 0.717) is 33.3 Å². The summed E-state index contributed by atoms with van der Waals surface area (Å²) >= 11 is 4.93. The predicted molar refractivity (Wildman–Crippen MR) is 119 cm³/mol. The van der Waals surface area contributed by atoms with Gasteiger partial charge in [-0.3, -0.25) is 10.1 Å². The van der Waals surface area contributed by atoms with Crippen LogP contribution in [-0.4, -0.2) is 18.0 Å². The van der Waals surface area contributed by atoms with Gasteiger partial charge in [-0.2, -0.15) is 0 Å². The van der Waals surface area contributed by atoms with E-state index in [1.165, 1.54) is 11.3 Å². The van der Waals surface area contributed by atoms with E-state index in [0.717, 1.165) is 15.8 Å². The lowest BCUT2D eigenvalue weighted by molar-refractivity contribution is 0.102. The maximum Gasteiger partial charge on any atom is 0.257 e. The number of rotatable bonds is 6. The first kappa shape index (κ1) is 19.4. The molecule has 0 bridgehead atoms. The van der Waals surface area contributed by atoms with Crippen LogP contribution in [0.5, 0.6) is 11.5 Å². The van der Waals surface area contributed by atoms with Crippen molar-refractivity contribution < 1.29 is 14.3 Å². The Morgan fingerprint density at radius 2 is 1.86 bits per heavy atom. The number of carbonyl (C=O) groups is 1. The minimum Gasteiger partial charge on any atom is -0.493 e. The first-order chi connectivity index (χ1) is 14.1. The number of halogens is 1. The average molecular weight is 469 g/mol. The monoisotopic (exact) mass is 468 g/mol. The van der Waals surface area contributed by atoms with Crippen LogP contribution in [0.3, 0.4) is 0 Å². The van der Waals surface area contributed by atoms with Crippen LogP contribution >= 0.6 is 27.3 Å². The summed E-state index contributed by atoms with van der Waals surface area (Å²) in [6, 6.07) is 21.0. The molecule has 1 aromatic heterocycles. The van der Waals surface area contributed by atoms with Crippen molar-refractivity contribution in [2.24, 2.45) is 0 Å². The normalized spacial score (nSPS) is 10.7. The molecule has 0 aliphatic heterocycles.